The van der Waals surface area contributed by atoms with Gasteiger partial charge in [0.05, 0.1) is 10.9 Å². The summed E-state index contributed by atoms with van der Waals surface area (Å²) >= 11 is 14.3. The largest absolute Gasteiger partial charge is 0.339 e. The molecule has 1 aromatic heterocycles. The Hall–Kier alpha value is -0.930. The van der Waals surface area contributed by atoms with Gasteiger partial charge in [-0.1, -0.05) is 41.6 Å². The van der Waals surface area contributed by atoms with Crippen LogP contribution in [0.15, 0.2) is 28.6 Å². The van der Waals surface area contributed by atoms with Crippen LogP contribution in [-0.2, 0) is 4.79 Å². The number of thioether (sulfide) groups is 1. The topological polar surface area (TPSA) is 41.4 Å². The van der Waals surface area contributed by atoms with Crippen LogP contribution in [0.2, 0.25) is 5.02 Å². The second kappa shape index (κ2) is 8.84. The third-order valence-corrected chi connectivity index (χ3v) is 7.01. The molecule has 26 heavy (non-hydrogen) atoms. The fraction of sp³-hybridized carbons (Fsp3) is 0.471. The van der Waals surface area contributed by atoms with Crippen LogP contribution in [-0.4, -0.2) is 63.5 Å². The molecule has 0 spiro atoms. The maximum Gasteiger partial charge on any atom is 0.235 e. The van der Waals surface area contributed by atoms with Gasteiger partial charge in [-0.3, -0.25) is 4.79 Å². The smallest absolute Gasteiger partial charge is 0.235 e. The molecule has 1 atom stereocenters. The number of halogens is 1. The van der Waals surface area contributed by atoms with E-state index in [0.717, 1.165) is 42.8 Å². The van der Waals surface area contributed by atoms with Crippen LogP contribution >= 0.6 is 46.9 Å². The monoisotopic (exact) mass is 428 g/mol. The molecular weight excluding hydrogens is 408 g/mol. The standard InChI is InChI=1S/C17H21ClN4OS3/c1-3-20-8-10-21(11-9-20)15(23)12(2)25-16-19-22(17(24)26-16)14-6-4-13(18)5-7-14/h4-7,12H,3,8-11H2,1-2H3. The van der Waals surface area contributed by atoms with E-state index in [1.807, 2.05) is 36.1 Å². The lowest BCUT2D eigenvalue weighted by Gasteiger charge is -2.35. The van der Waals surface area contributed by atoms with Gasteiger partial charge in [0.2, 0.25) is 5.91 Å². The van der Waals surface area contributed by atoms with Crippen LogP contribution in [0.3, 0.4) is 0 Å². The van der Waals surface area contributed by atoms with Gasteiger partial charge in [-0.25, -0.2) is 4.68 Å². The second-order valence-electron chi connectivity index (χ2n) is 6.04. The predicted molar refractivity (Wildman–Crippen MR) is 111 cm³/mol. The fourth-order valence-corrected chi connectivity index (χ4v) is 5.51. The van der Waals surface area contributed by atoms with Crippen molar-refractivity contribution in [3.63, 3.8) is 0 Å². The number of carbonyl (C=O) groups is 1. The van der Waals surface area contributed by atoms with Gasteiger partial charge in [0.1, 0.15) is 0 Å². The Morgan fingerprint density at radius 3 is 2.58 bits per heavy atom. The molecule has 1 amide bonds. The van der Waals surface area contributed by atoms with E-state index in [1.54, 1.807) is 4.68 Å². The van der Waals surface area contributed by atoms with Crippen LogP contribution in [0.25, 0.3) is 5.69 Å². The molecule has 140 valence electrons. The van der Waals surface area contributed by atoms with Gasteiger partial charge in [0.15, 0.2) is 8.29 Å². The highest BCUT2D eigenvalue weighted by atomic mass is 35.5. The second-order valence-corrected chi connectivity index (χ2v) is 9.69. The van der Waals surface area contributed by atoms with Crippen molar-refractivity contribution in [2.75, 3.05) is 32.7 Å². The first-order valence-electron chi connectivity index (χ1n) is 8.52. The lowest BCUT2D eigenvalue weighted by Crippen LogP contribution is -2.50. The molecule has 1 fully saturated rings. The number of hydrogen-bond acceptors (Lipinski definition) is 6. The van der Waals surface area contributed by atoms with E-state index in [4.69, 9.17) is 23.8 Å². The van der Waals surface area contributed by atoms with Gasteiger partial charge in [-0.2, -0.15) is 0 Å². The molecule has 3 rings (SSSR count). The number of benzene rings is 1. The third kappa shape index (κ3) is 4.67. The summed E-state index contributed by atoms with van der Waals surface area (Å²) in [6.45, 7) is 8.63. The van der Waals surface area contributed by atoms with Crippen molar-refractivity contribution in [1.29, 1.82) is 0 Å². The minimum atomic E-state index is -0.178. The van der Waals surface area contributed by atoms with Crippen molar-refractivity contribution in [3.05, 3.63) is 33.2 Å². The van der Waals surface area contributed by atoms with Gasteiger partial charge in [-0.05, 0) is 50.0 Å². The SMILES string of the molecule is CCN1CCN(C(=O)C(C)Sc2nn(-c3ccc(Cl)cc3)c(=S)s2)CC1. The van der Waals surface area contributed by atoms with Gasteiger partial charge < -0.3 is 9.80 Å². The number of likely N-dealkylation sites (N-methyl/N-ethyl adjacent to an activating group) is 1. The zero-order valence-corrected chi connectivity index (χ0v) is 17.9. The normalized spacial score (nSPS) is 16.7. The Morgan fingerprint density at radius 1 is 1.31 bits per heavy atom. The number of rotatable bonds is 5. The molecule has 1 aromatic carbocycles. The van der Waals surface area contributed by atoms with E-state index in [2.05, 4.69) is 16.9 Å². The summed E-state index contributed by atoms with van der Waals surface area (Å²) in [6.07, 6.45) is 0. The van der Waals surface area contributed by atoms with Crippen LogP contribution in [0, 0.1) is 3.95 Å². The van der Waals surface area contributed by atoms with Crippen LogP contribution in [0.4, 0.5) is 0 Å². The molecule has 2 aromatic rings. The van der Waals surface area contributed by atoms with Gasteiger partial charge in [0, 0.05) is 31.2 Å². The highest BCUT2D eigenvalue weighted by Crippen LogP contribution is 2.29. The molecule has 0 radical (unpaired) electrons. The summed E-state index contributed by atoms with van der Waals surface area (Å²) in [5, 5.41) is 5.07. The lowest BCUT2D eigenvalue weighted by molar-refractivity contribution is -0.132. The highest BCUT2D eigenvalue weighted by molar-refractivity contribution is 8.02. The molecular formula is C17H21ClN4OS3. The van der Waals surface area contributed by atoms with Gasteiger partial charge >= 0.3 is 0 Å². The van der Waals surface area contributed by atoms with E-state index < -0.39 is 0 Å². The summed E-state index contributed by atoms with van der Waals surface area (Å²) < 4.78 is 3.18. The number of carbonyl (C=O) groups excluding carboxylic acids is 1. The number of amides is 1. The summed E-state index contributed by atoms with van der Waals surface area (Å²) in [4.78, 5) is 17.0. The summed E-state index contributed by atoms with van der Waals surface area (Å²) in [5.74, 6) is 0.171. The molecule has 5 nitrogen and oxygen atoms in total. The van der Waals surface area contributed by atoms with Crippen molar-refractivity contribution in [2.45, 2.75) is 23.4 Å². The lowest BCUT2D eigenvalue weighted by atomic mass is 10.3. The quantitative estimate of drug-likeness (QED) is 0.532. The molecule has 2 heterocycles. The van der Waals surface area contributed by atoms with E-state index in [-0.39, 0.29) is 11.2 Å². The predicted octanol–water partition coefficient (Wildman–Crippen LogP) is 3.96. The minimum absolute atomic E-state index is 0.171. The number of piperazine rings is 1. The Kier molecular flexibility index (Phi) is 6.74. The van der Waals surface area contributed by atoms with Crippen molar-refractivity contribution >= 4 is 52.8 Å². The van der Waals surface area contributed by atoms with Gasteiger partial charge in [-0.15, -0.1) is 5.10 Å². The minimum Gasteiger partial charge on any atom is -0.339 e. The first-order valence-corrected chi connectivity index (χ1v) is 11.0. The first kappa shape index (κ1) is 19.8. The molecule has 1 unspecified atom stereocenters. The molecule has 0 N–H and O–H groups in total. The van der Waals surface area contributed by atoms with Crippen LogP contribution in [0.1, 0.15) is 13.8 Å². The Labute approximate surface area is 171 Å². The van der Waals surface area contributed by atoms with Crippen molar-refractivity contribution in [2.24, 2.45) is 0 Å². The molecule has 1 saturated heterocycles. The Morgan fingerprint density at radius 2 is 1.96 bits per heavy atom. The van der Waals surface area contributed by atoms with E-state index in [9.17, 15) is 4.79 Å². The molecule has 0 saturated carbocycles. The maximum absolute atomic E-state index is 12.7. The molecule has 0 bridgehead atoms. The summed E-state index contributed by atoms with van der Waals surface area (Å²) in [6, 6.07) is 7.39. The summed E-state index contributed by atoms with van der Waals surface area (Å²) in [7, 11) is 0. The molecule has 9 heteroatoms. The molecule has 0 aliphatic carbocycles. The maximum atomic E-state index is 12.7. The molecule has 1 aliphatic rings. The first-order chi connectivity index (χ1) is 12.5. The van der Waals surface area contributed by atoms with E-state index in [0.29, 0.717) is 8.98 Å². The average molecular weight is 429 g/mol. The zero-order valence-electron chi connectivity index (χ0n) is 14.7. The number of hydrogen-bond donors (Lipinski definition) is 0. The average Bonchev–Trinajstić information content (AvgIpc) is 3.02. The number of aromatic nitrogens is 2. The number of nitrogens with zero attached hydrogens (tertiary/aromatic N) is 4. The van der Waals surface area contributed by atoms with Crippen LogP contribution in [0.5, 0.6) is 0 Å². The zero-order chi connectivity index (χ0) is 18.7. The summed E-state index contributed by atoms with van der Waals surface area (Å²) in [5.41, 5.74) is 0.872. The van der Waals surface area contributed by atoms with E-state index >= 15 is 0 Å². The van der Waals surface area contributed by atoms with Gasteiger partial charge in [0.25, 0.3) is 0 Å². The van der Waals surface area contributed by atoms with Crippen molar-refractivity contribution in [1.82, 2.24) is 19.6 Å². The Bertz CT molecular complexity index is 812. The van der Waals surface area contributed by atoms with Crippen molar-refractivity contribution in [3.8, 4) is 5.69 Å². The third-order valence-electron chi connectivity index (χ3n) is 4.36. The van der Waals surface area contributed by atoms with E-state index in [1.165, 1.54) is 23.1 Å². The highest BCUT2D eigenvalue weighted by Gasteiger charge is 2.26. The Balaban J connectivity index is 1.65. The molecule has 1 aliphatic heterocycles. The van der Waals surface area contributed by atoms with Crippen LogP contribution < -0.4 is 0 Å². The fourth-order valence-electron chi connectivity index (χ4n) is 2.80. The van der Waals surface area contributed by atoms with Crippen molar-refractivity contribution < 1.29 is 4.79 Å².